The van der Waals surface area contributed by atoms with E-state index in [1.54, 1.807) is 24.4 Å². The van der Waals surface area contributed by atoms with Crippen LogP contribution in [0.25, 0.3) is 17.0 Å². The highest BCUT2D eigenvalue weighted by molar-refractivity contribution is 6.30. The van der Waals surface area contributed by atoms with E-state index in [4.69, 9.17) is 16.7 Å². The number of nitrogens with zero attached hydrogens (tertiary/aromatic N) is 4. The van der Waals surface area contributed by atoms with E-state index in [9.17, 15) is 4.79 Å². The Morgan fingerprint density at radius 3 is 2.95 bits per heavy atom. The van der Waals surface area contributed by atoms with Gasteiger partial charge in [-0.1, -0.05) is 23.7 Å². The second kappa shape index (κ2) is 4.90. The monoisotopic (exact) mass is 288 g/mol. The molecule has 1 aromatic carbocycles. The molecule has 1 N–H and O–H groups in total. The highest BCUT2D eigenvalue weighted by Crippen LogP contribution is 2.22. The Kier molecular flexibility index (Phi) is 3.08. The summed E-state index contributed by atoms with van der Waals surface area (Å²) < 4.78 is 1.52. The molecular formula is C13H9ClN4O2. The van der Waals surface area contributed by atoms with Crippen molar-refractivity contribution in [1.82, 2.24) is 19.6 Å². The molecule has 0 amide bonds. The van der Waals surface area contributed by atoms with Crippen molar-refractivity contribution >= 4 is 23.3 Å². The van der Waals surface area contributed by atoms with Crippen molar-refractivity contribution in [2.24, 2.45) is 0 Å². The number of fused-ring (bicyclic) bond motifs is 1. The van der Waals surface area contributed by atoms with Crippen LogP contribution in [0.2, 0.25) is 5.02 Å². The van der Waals surface area contributed by atoms with Crippen molar-refractivity contribution < 1.29 is 9.90 Å². The van der Waals surface area contributed by atoms with Crippen molar-refractivity contribution in [2.75, 3.05) is 0 Å². The molecular weight excluding hydrogens is 280 g/mol. The van der Waals surface area contributed by atoms with Gasteiger partial charge >= 0.3 is 5.97 Å². The molecule has 0 radical (unpaired) electrons. The highest BCUT2D eigenvalue weighted by atomic mass is 35.5. The van der Waals surface area contributed by atoms with Crippen LogP contribution in [0.5, 0.6) is 0 Å². The first-order valence-corrected chi connectivity index (χ1v) is 6.19. The third kappa shape index (κ3) is 2.33. The molecule has 3 aromatic rings. The average Bonchev–Trinajstić information content (AvgIpc) is 2.79. The topological polar surface area (TPSA) is 80.4 Å². The van der Waals surface area contributed by atoms with Crippen LogP contribution >= 0.6 is 11.6 Å². The summed E-state index contributed by atoms with van der Waals surface area (Å²) in [5.74, 6) is -0.400. The van der Waals surface area contributed by atoms with Gasteiger partial charge < -0.3 is 5.11 Å². The zero-order chi connectivity index (χ0) is 14.1. The van der Waals surface area contributed by atoms with Crippen molar-refractivity contribution in [2.45, 2.75) is 6.42 Å². The quantitative estimate of drug-likeness (QED) is 0.798. The molecule has 7 heteroatoms. The van der Waals surface area contributed by atoms with Crippen LogP contribution in [0.4, 0.5) is 0 Å². The van der Waals surface area contributed by atoms with E-state index < -0.39 is 5.97 Å². The van der Waals surface area contributed by atoms with Crippen LogP contribution in [0, 0.1) is 0 Å². The molecule has 0 aliphatic rings. The fourth-order valence-corrected chi connectivity index (χ4v) is 2.10. The van der Waals surface area contributed by atoms with Gasteiger partial charge in [-0.2, -0.15) is 9.50 Å². The van der Waals surface area contributed by atoms with Crippen LogP contribution in [0.3, 0.4) is 0 Å². The van der Waals surface area contributed by atoms with Gasteiger partial charge in [0.25, 0.3) is 5.78 Å². The molecule has 0 saturated carbocycles. The van der Waals surface area contributed by atoms with Gasteiger partial charge in [0, 0.05) is 16.8 Å². The molecule has 20 heavy (non-hydrogen) atoms. The van der Waals surface area contributed by atoms with Gasteiger partial charge in [-0.3, -0.25) is 4.79 Å². The molecule has 0 fully saturated rings. The molecule has 0 unspecified atom stereocenters. The largest absolute Gasteiger partial charge is 0.481 e. The van der Waals surface area contributed by atoms with E-state index in [1.807, 2.05) is 12.1 Å². The van der Waals surface area contributed by atoms with E-state index in [-0.39, 0.29) is 12.2 Å². The van der Waals surface area contributed by atoms with Crippen molar-refractivity contribution in [3.63, 3.8) is 0 Å². The Hall–Kier alpha value is -2.47. The van der Waals surface area contributed by atoms with E-state index in [0.29, 0.717) is 10.8 Å². The number of benzene rings is 1. The molecule has 2 aromatic heterocycles. The fourth-order valence-electron chi connectivity index (χ4n) is 1.91. The minimum atomic E-state index is -0.981. The summed E-state index contributed by atoms with van der Waals surface area (Å²) in [5.41, 5.74) is 1.61. The Morgan fingerprint density at radius 2 is 2.20 bits per heavy atom. The van der Waals surface area contributed by atoms with E-state index in [1.165, 1.54) is 4.52 Å². The molecule has 0 atom stereocenters. The first kappa shape index (κ1) is 12.6. The lowest BCUT2D eigenvalue weighted by Crippen LogP contribution is -2.02. The molecule has 2 heterocycles. The number of rotatable bonds is 3. The maximum absolute atomic E-state index is 10.7. The summed E-state index contributed by atoms with van der Waals surface area (Å²) in [4.78, 5) is 18.9. The predicted molar refractivity (Wildman–Crippen MR) is 72.6 cm³/mol. The standard InChI is InChI=1S/C13H9ClN4O2/c14-9-3-1-2-8(6-9)10-4-5-15-13-16-11(7-12(19)20)17-18(10)13/h1-6H,7H2,(H,19,20). The lowest BCUT2D eigenvalue weighted by Gasteiger charge is -2.03. The van der Waals surface area contributed by atoms with E-state index >= 15 is 0 Å². The summed E-state index contributed by atoms with van der Waals surface area (Å²) in [7, 11) is 0. The lowest BCUT2D eigenvalue weighted by molar-refractivity contribution is -0.136. The molecule has 0 aliphatic carbocycles. The summed E-state index contributed by atoms with van der Waals surface area (Å²) in [6.45, 7) is 0. The van der Waals surface area contributed by atoms with Gasteiger partial charge in [-0.05, 0) is 18.2 Å². The Morgan fingerprint density at radius 1 is 1.35 bits per heavy atom. The van der Waals surface area contributed by atoms with Gasteiger partial charge in [0.05, 0.1) is 5.69 Å². The van der Waals surface area contributed by atoms with Crippen LogP contribution in [0.1, 0.15) is 5.82 Å². The van der Waals surface area contributed by atoms with Crippen LogP contribution in [0.15, 0.2) is 36.5 Å². The van der Waals surface area contributed by atoms with Gasteiger partial charge in [0.15, 0.2) is 5.82 Å². The SMILES string of the molecule is O=C(O)Cc1nc2nccc(-c3cccc(Cl)c3)n2n1. The lowest BCUT2D eigenvalue weighted by atomic mass is 10.1. The molecule has 3 rings (SSSR count). The first-order valence-electron chi connectivity index (χ1n) is 5.82. The number of aliphatic carboxylic acids is 1. The maximum atomic E-state index is 10.7. The number of aromatic nitrogens is 4. The van der Waals surface area contributed by atoms with Gasteiger partial charge in [-0.25, -0.2) is 4.98 Å². The van der Waals surface area contributed by atoms with Gasteiger partial charge in [0.2, 0.25) is 0 Å². The minimum Gasteiger partial charge on any atom is -0.481 e. The molecule has 100 valence electrons. The van der Waals surface area contributed by atoms with E-state index in [2.05, 4.69) is 15.1 Å². The zero-order valence-corrected chi connectivity index (χ0v) is 10.9. The van der Waals surface area contributed by atoms with Crippen LogP contribution in [-0.4, -0.2) is 30.7 Å². The van der Waals surface area contributed by atoms with Crippen molar-refractivity contribution in [1.29, 1.82) is 0 Å². The molecule has 0 spiro atoms. The van der Waals surface area contributed by atoms with Crippen molar-refractivity contribution in [3.05, 3.63) is 47.4 Å². The minimum absolute atomic E-state index is 0.222. The number of halogens is 1. The summed E-state index contributed by atoms with van der Waals surface area (Å²) in [6, 6.07) is 9.08. The smallest absolute Gasteiger partial charge is 0.311 e. The summed E-state index contributed by atoms with van der Waals surface area (Å²) in [6.07, 6.45) is 1.36. The number of hydrogen-bond donors (Lipinski definition) is 1. The number of carboxylic acids is 1. The van der Waals surface area contributed by atoms with Crippen molar-refractivity contribution in [3.8, 4) is 11.3 Å². The fraction of sp³-hybridized carbons (Fsp3) is 0.0769. The third-order valence-electron chi connectivity index (χ3n) is 2.71. The molecule has 0 saturated heterocycles. The summed E-state index contributed by atoms with van der Waals surface area (Å²) >= 11 is 5.98. The first-order chi connectivity index (χ1) is 9.63. The number of hydrogen-bond acceptors (Lipinski definition) is 4. The predicted octanol–water partition coefficient (Wildman–Crippen LogP) is 2.07. The maximum Gasteiger partial charge on any atom is 0.311 e. The average molecular weight is 289 g/mol. The molecule has 0 bridgehead atoms. The van der Waals surface area contributed by atoms with Gasteiger partial charge in [0.1, 0.15) is 6.42 Å². The number of carboxylic acid groups (broad SMARTS) is 1. The second-order valence-electron chi connectivity index (χ2n) is 4.15. The highest BCUT2D eigenvalue weighted by Gasteiger charge is 2.12. The normalized spacial score (nSPS) is 10.8. The third-order valence-corrected chi connectivity index (χ3v) is 2.95. The van der Waals surface area contributed by atoms with Gasteiger partial charge in [-0.15, -0.1) is 5.10 Å². The van der Waals surface area contributed by atoms with E-state index in [0.717, 1.165) is 11.3 Å². The summed E-state index contributed by atoms with van der Waals surface area (Å²) in [5, 5.41) is 13.6. The second-order valence-corrected chi connectivity index (χ2v) is 4.59. The Labute approximate surface area is 118 Å². The molecule has 6 nitrogen and oxygen atoms in total. The zero-order valence-electron chi connectivity index (χ0n) is 10.2. The molecule has 0 aliphatic heterocycles. The van der Waals surface area contributed by atoms with Crippen LogP contribution < -0.4 is 0 Å². The Balaban J connectivity index is 2.16. The Bertz CT molecular complexity index is 800. The number of carbonyl (C=O) groups is 1. The van der Waals surface area contributed by atoms with Crippen LogP contribution in [-0.2, 0) is 11.2 Å².